The summed E-state index contributed by atoms with van der Waals surface area (Å²) in [5.41, 5.74) is -2.91. The molecule has 2 aromatic rings. The van der Waals surface area contributed by atoms with Gasteiger partial charge in [0.05, 0.1) is 20.0 Å². The average molecular weight is 396 g/mol. The molecule has 0 radical (unpaired) electrons. The molecule has 0 saturated heterocycles. The lowest BCUT2D eigenvalue weighted by Gasteiger charge is -2.63. The molecule has 2 bridgehead atoms. The molecule has 1 aromatic carbocycles. The standard InChI is InChI=1S/C24H29N3O2/c1-22(2,3)18-14-24(23(4,5)6)17-13-12-16(17)19(18)26-20(28)25(21(29)27(24)26)15-10-8-7-9-11-15/h7-14,16-17,19H,1-6H3/i12D,13D,16D,17D. The lowest BCUT2D eigenvalue weighted by molar-refractivity contribution is -0.0372. The zero-order chi connectivity index (χ0) is 24.5. The van der Waals surface area contributed by atoms with Gasteiger partial charge < -0.3 is 0 Å². The van der Waals surface area contributed by atoms with Gasteiger partial charge in [0, 0.05) is 14.5 Å². The highest BCUT2D eigenvalue weighted by atomic mass is 16.2. The average Bonchev–Trinajstić information content (AvgIpc) is 3.00. The van der Waals surface area contributed by atoms with E-state index in [1.54, 1.807) is 30.3 Å². The van der Waals surface area contributed by atoms with Crippen molar-refractivity contribution in [2.75, 3.05) is 0 Å². The van der Waals surface area contributed by atoms with E-state index < -0.39 is 45.6 Å². The van der Waals surface area contributed by atoms with Crippen LogP contribution >= 0.6 is 0 Å². The first-order chi connectivity index (χ1) is 15.1. The maximum absolute atomic E-state index is 14.0. The molecule has 6 rings (SSSR count). The summed E-state index contributed by atoms with van der Waals surface area (Å²) in [6, 6.07) is 7.05. The van der Waals surface area contributed by atoms with Gasteiger partial charge in [0.15, 0.2) is 0 Å². The van der Waals surface area contributed by atoms with Gasteiger partial charge in [-0.05, 0) is 28.5 Å². The molecule has 0 spiro atoms. The molecular weight excluding hydrogens is 362 g/mol. The Hall–Kier alpha value is -2.56. The fraction of sp³-hybridized carbons (Fsp3) is 0.500. The summed E-state index contributed by atoms with van der Waals surface area (Å²) in [6.45, 7) is 11.5. The minimum absolute atomic E-state index is 0.260. The van der Waals surface area contributed by atoms with Crippen LogP contribution in [0.15, 0.2) is 63.7 Å². The van der Waals surface area contributed by atoms with Crippen LogP contribution in [-0.4, -0.2) is 13.9 Å². The number of benzene rings is 1. The van der Waals surface area contributed by atoms with Gasteiger partial charge in [0.25, 0.3) is 0 Å². The van der Waals surface area contributed by atoms with E-state index in [1.165, 1.54) is 9.36 Å². The molecule has 3 heterocycles. The van der Waals surface area contributed by atoms with E-state index in [0.717, 1.165) is 10.1 Å². The van der Waals surface area contributed by atoms with Crippen molar-refractivity contribution < 1.29 is 5.48 Å². The van der Waals surface area contributed by atoms with E-state index in [9.17, 15) is 12.3 Å². The highest BCUT2D eigenvalue weighted by Gasteiger charge is 2.64. The summed E-state index contributed by atoms with van der Waals surface area (Å²) >= 11 is 0. The van der Waals surface area contributed by atoms with Crippen molar-refractivity contribution in [2.45, 2.75) is 53.1 Å². The zero-order valence-corrected chi connectivity index (χ0v) is 17.7. The Morgan fingerprint density at radius 3 is 2.24 bits per heavy atom. The molecule has 5 heteroatoms. The fourth-order valence-corrected chi connectivity index (χ4v) is 4.99. The second-order valence-corrected chi connectivity index (χ2v) is 10.2. The lowest BCUT2D eigenvalue weighted by atomic mass is 9.50. The van der Waals surface area contributed by atoms with Gasteiger partial charge in [-0.2, -0.15) is 0 Å². The van der Waals surface area contributed by atoms with Crippen molar-refractivity contribution in [1.82, 2.24) is 13.9 Å². The summed E-state index contributed by atoms with van der Waals surface area (Å²) < 4.78 is 40.0. The molecule has 152 valence electrons. The van der Waals surface area contributed by atoms with Gasteiger partial charge >= 0.3 is 11.4 Å². The molecule has 4 aliphatic rings. The number of nitrogens with zero attached hydrogens (tertiary/aromatic N) is 3. The van der Waals surface area contributed by atoms with Gasteiger partial charge in [-0.3, -0.25) is 0 Å². The molecular formula is C24H29N3O2. The third-order valence-corrected chi connectivity index (χ3v) is 6.48. The van der Waals surface area contributed by atoms with E-state index in [4.69, 9.17) is 2.74 Å². The van der Waals surface area contributed by atoms with Crippen molar-refractivity contribution in [1.29, 1.82) is 0 Å². The SMILES string of the molecule is [2H]C1=C([2H])C2([2H])C1([2H])C1C(C(C)(C)C)=CC2(C(C)(C)C)n2c(=O)n(-c3ccccc3)c(=O)n21. The van der Waals surface area contributed by atoms with Crippen LogP contribution in [0.5, 0.6) is 0 Å². The molecule has 0 N–H and O–H groups in total. The summed E-state index contributed by atoms with van der Waals surface area (Å²) in [6.07, 6.45) is 1.87. The second kappa shape index (κ2) is 5.32. The van der Waals surface area contributed by atoms with Gasteiger partial charge in [0.1, 0.15) is 0 Å². The first kappa shape index (κ1) is 14.4. The van der Waals surface area contributed by atoms with E-state index in [2.05, 4.69) is 0 Å². The molecule has 2 aliphatic carbocycles. The Kier molecular flexibility index (Phi) is 2.65. The number of hydrogen-bond acceptors (Lipinski definition) is 2. The number of rotatable bonds is 1. The zero-order valence-electron chi connectivity index (χ0n) is 21.7. The molecule has 2 aliphatic heterocycles. The Labute approximate surface area is 176 Å². The van der Waals surface area contributed by atoms with E-state index in [-0.39, 0.29) is 12.1 Å². The second-order valence-electron chi connectivity index (χ2n) is 10.2. The van der Waals surface area contributed by atoms with Crippen molar-refractivity contribution in [3.8, 4) is 5.69 Å². The molecule has 4 atom stereocenters. The van der Waals surface area contributed by atoms with Crippen LogP contribution in [-0.2, 0) is 5.54 Å². The monoisotopic (exact) mass is 395 g/mol. The minimum Gasteiger partial charge on any atom is -0.245 e. The summed E-state index contributed by atoms with van der Waals surface area (Å²) in [4.78, 5) is 27.8. The van der Waals surface area contributed by atoms with Crippen LogP contribution < -0.4 is 11.4 Å². The predicted octanol–water partition coefficient (Wildman–Crippen LogP) is 3.89. The van der Waals surface area contributed by atoms with Crippen molar-refractivity contribution >= 4 is 0 Å². The third-order valence-electron chi connectivity index (χ3n) is 6.48. The van der Waals surface area contributed by atoms with Crippen LogP contribution in [0.25, 0.3) is 5.69 Å². The number of para-hydroxylation sites is 1. The van der Waals surface area contributed by atoms with Gasteiger partial charge in [-0.1, -0.05) is 77.9 Å². The van der Waals surface area contributed by atoms with Crippen LogP contribution in [0.3, 0.4) is 0 Å². The lowest BCUT2D eigenvalue weighted by Crippen LogP contribution is -2.67. The molecule has 0 amide bonds. The Balaban J connectivity index is 2.03. The van der Waals surface area contributed by atoms with E-state index >= 15 is 0 Å². The van der Waals surface area contributed by atoms with Crippen molar-refractivity contribution in [3.05, 3.63) is 75.1 Å². The van der Waals surface area contributed by atoms with E-state index in [0.29, 0.717) is 5.69 Å². The van der Waals surface area contributed by atoms with Crippen molar-refractivity contribution in [2.24, 2.45) is 22.6 Å². The molecule has 5 nitrogen and oxygen atoms in total. The van der Waals surface area contributed by atoms with Gasteiger partial charge in [-0.15, -0.1) is 0 Å². The molecule has 1 aromatic heterocycles. The Morgan fingerprint density at radius 1 is 1.00 bits per heavy atom. The van der Waals surface area contributed by atoms with Gasteiger partial charge in [-0.25, -0.2) is 23.5 Å². The first-order valence-corrected chi connectivity index (χ1v) is 10.0. The van der Waals surface area contributed by atoms with Crippen molar-refractivity contribution in [3.63, 3.8) is 0 Å². The minimum atomic E-state index is -1.89. The quantitative estimate of drug-likeness (QED) is 0.688. The highest BCUT2D eigenvalue weighted by molar-refractivity contribution is 5.42. The number of hydrogen-bond donors (Lipinski definition) is 0. The van der Waals surface area contributed by atoms with E-state index in [1.807, 2.05) is 47.6 Å². The van der Waals surface area contributed by atoms with Gasteiger partial charge in [0.2, 0.25) is 0 Å². The summed E-state index contributed by atoms with van der Waals surface area (Å²) in [5, 5.41) is 0. The summed E-state index contributed by atoms with van der Waals surface area (Å²) in [5.74, 6) is -3.76. The Bertz CT molecular complexity index is 1390. The largest absolute Gasteiger partial charge is 0.352 e. The number of aromatic nitrogens is 3. The van der Waals surface area contributed by atoms with Crippen LogP contribution in [0.2, 0.25) is 0 Å². The molecule has 4 unspecified atom stereocenters. The number of allylic oxidation sites excluding steroid dienone is 4. The highest BCUT2D eigenvalue weighted by Crippen LogP contribution is 2.63. The summed E-state index contributed by atoms with van der Waals surface area (Å²) in [7, 11) is 0. The molecule has 0 saturated carbocycles. The first-order valence-electron chi connectivity index (χ1n) is 12.0. The molecule has 29 heavy (non-hydrogen) atoms. The smallest absolute Gasteiger partial charge is 0.245 e. The molecule has 0 fully saturated rings. The maximum Gasteiger partial charge on any atom is 0.352 e. The maximum atomic E-state index is 14.0. The topological polar surface area (TPSA) is 48.9 Å². The Morgan fingerprint density at radius 2 is 1.66 bits per heavy atom. The van der Waals surface area contributed by atoms with Crippen LogP contribution in [0.4, 0.5) is 0 Å². The van der Waals surface area contributed by atoms with Crippen LogP contribution in [0.1, 0.15) is 53.1 Å². The normalized spacial score (nSPS) is 37.6. The van der Waals surface area contributed by atoms with Crippen LogP contribution in [0, 0.1) is 22.6 Å². The third kappa shape index (κ3) is 2.06. The fourth-order valence-electron chi connectivity index (χ4n) is 4.99. The predicted molar refractivity (Wildman–Crippen MR) is 114 cm³/mol.